The van der Waals surface area contributed by atoms with Crippen LogP contribution in [0.2, 0.25) is 5.15 Å². The van der Waals surface area contributed by atoms with Gasteiger partial charge in [0.05, 0.1) is 0 Å². The Morgan fingerprint density at radius 3 is 2.42 bits per heavy atom. The Balaban J connectivity index is 3.18. The molecule has 0 saturated heterocycles. The molecule has 66 valence electrons. The molecule has 1 aromatic heterocycles. The van der Waals surface area contributed by atoms with Crippen molar-refractivity contribution < 1.29 is 8.78 Å². The van der Waals surface area contributed by atoms with Crippen molar-refractivity contribution in [3.63, 3.8) is 0 Å². The van der Waals surface area contributed by atoms with E-state index in [1.54, 1.807) is 6.92 Å². The van der Waals surface area contributed by atoms with Crippen LogP contribution < -0.4 is 0 Å². The van der Waals surface area contributed by atoms with Gasteiger partial charge < -0.3 is 0 Å². The second-order valence-corrected chi connectivity index (χ2v) is 2.93. The lowest BCUT2D eigenvalue weighted by atomic mass is 10.3. The molecule has 1 aromatic rings. The second-order valence-electron chi connectivity index (χ2n) is 2.54. The zero-order valence-electron chi connectivity index (χ0n) is 6.61. The standard InChI is InChI=1S/C7H7ClF2N2/c1-4-3-5(8)12-6(11-4)7(2,9)10/h3H,1-2H3. The van der Waals surface area contributed by atoms with Crippen LogP contribution >= 0.6 is 11.6 Å². The Morgan fingerprint density at radius 1 is 1.42 bits per heavy atom. The summed E-state index contributed by atoms with van der Waals surface area (Å²) in [6.07, 6.45) is 0. The van der Waals surface area contributed by atoms with Crippen LogP contribution in [0, 0.1) is 6.92 Å². The molecule has 0 fully saturated rings. The van der Waals surface area contributed by atoms with Gasteiger partial charge in [0, 0.05) is 12.6 Å². The van der Waals surface area contributed by atoms with Crippen LogP contribution in [-0.4, -0.2) is 9.97 Å². The molecule has 5 heteroatoms. The number of aryl methyl sites for hydroxylation is 1. The smallest absolute Gasteiger partial charge is 0.232 e. The fourth-order valence-corrected chi connectivity index (χ4v) is 0.964. The van der Waals surface area contributed by atoms with Crippen LogP contribution in [0.3, 0.4) is 0 Å². The molecule has 0 bridgehead atoms. The van der Waals surface area contributed by atoms with Crippen LogP contribution in [0.1, 0.15) is 18.4 Å². The van der Waals surface area contributed by atoms with Gasteiger partial charge >= 0.3 is 5.92 Å². The summed E-state index contributed by atoms with van der Waals surface area (Å²) in [5.74, 6) is -3.57. The predicted octanol–water partition coefficient (Wildman–Crippen LogP) is 2.55. The molecular formula is C7H7ClF2N2. The molecular weight excluding hydrogens is 186 g/mol. The highest BCUT2D eigenvalue weighted by Crippen LogP contribution is 2.24. The van der Waals surface area contributed by atoms with Gasteiger partial charge in [0.1, 0.15) is 5.15 Å². The minimum Gasteiger partial charge on any atom is -0.232 e. The summed E-state index contributed by atoms with van der Waals surface area (Å²) >= 11 is 5.47. The maximum absolute atomic E-state index is 12.6. The van der Waals surface area contributed by atoms with Crippen molar-refractivity contribution in [1.82, 2.24) is 9.97 Å². The Bertz CT molecular complexity index is 276. The van der Waals surface area contributed by atoms with Crippen molar-refractivity contribution in [1.29, 1.82) is 0 Å². The molecule has 2 nitrogen and oxygen atoms in total. The largest absolute Gasteiger partial charge is 0.303 e. The number of alkyl halides is 2. The highest BCUT2D eigenvalue weighted by Gasteiger charge is 2.28. The van der Waals surface area contributed by atoms with Gasteiger partial charge in [-0.1, -0.05) is 11.6 Å². The van der Waals surface area contributed by atoms with Gasteiger partial charge in [-0.2, -0.15) is 8.78 Å². The molecule has 0 atom stereocenters. The molecule has 1 heterocycles. The average Bonchev–Trinajstić information content (AvgIpc) is 1.82. The van der Waals surface area contributed by atoms with E-state index in [0.717, 1.165) is 6.92 Å². The highest BCUT2D eigenvalue weighted by molar-refractivity contribution is 6.29. The zero-order chi connectivity index (χ0) is 9.35. The van der Waals surface area contributed by atoms with Crippen LogP contribution in [0.25, 0.3) is 0 Å². The predicted molar refractivity (Wildman–Crippen MR) is 41.3 cm³/mol. The molecule has 0 amide bonds. The van der Waals surface area contributed by atoms with E-state index in [2.05, 4.69) is 9.97 Å². The van der Waals surface area contributed by atoms with Crippen LogP contribution in [0.5, 0.6) is 0 Å². The molecule has 0 aromatic carbocycles. The molecule has 0 aliphatic rings. The van der Waals surface area contributed by atoms with Gasteiger partial charge in [-0.25, -0.2) is 9.97 Å². The molecule has 0 saturated carbocycles. The van der Waals surface area contributed by atoms with Crippen molar-refractivity contribution in [2.45, 2.75) is 19.8 Å². The van der Waals surface area contributed by atoms with E-state index in [0.29, 0.717) is 5.69 Å². The monoisotopic (exact) mass is 192 g/mol. The maximum atomic E-state index is 12.6. The van der Waals surface area contributed by atoms with Gasteiger partial charge in [-0.05, 0) is 13.0 Å². The van der Waals surface area contributed by atoms with Crippen LogP contribution in [0.15, 0.2) is 6.07 Å². The normalized spacial score (nSPS) is 11.8. The van der Waals surface area contributed by atoms with E-state index in [4.69, 9.17) is 11.6 Å². The van der Waals surface area contributed by atoms with E-state index in [9.17, 15) is 8.78 Å². The topological polar surface area (TPSA) is 25.8 Å². The van der Waals surface area contributed by atoms with Gasteiger partial charge in [-0.15, -0.1) is 0 Å². The Morgan fingerprint density at radius 2 is 2.00 bits per heavy atom. The van der Waals surface area contributed by atoms with E-state index in [-0.39, 0.29) is 5.15 Å². The molecule has 0 N–H and O–H groups in total. The van der Waals surface area contributed by atoms with Crippen molar-refractivity contribution in [2.75, 3.05) is 0 Å². The molecule has 0 spiro atoms. The number of nitrogens with zero attached hydrogens (tertiary/aromatic N) is 2. The van der Waals surface area contributed by atoms with E-state index in [1.807, 2.05) is 0 Å². The number of rotatable bonds is 1. The molecule has 12 heavy (non-hydrogen) atoms. The number of halogens is 3. The lowest BCUT2D eigenvalue weighted by Crippen LogP contribution is -2.13. The Kier molecular flexibility index (Phi) is 2.28. The van der Waals surface area contributed by atoms with Crippen LogP contribution in [0.4, 0.5) is 8.78 Å². The molecule has 0 unspecified atom stereocenters. The SMILES string of the molecule is Cc1cc(Cl)nc(C(C)(F)F)n1. The minimum atomic E-state index is -3.03. The Hall–Kier alpha value is -0.770. The minimum absolute atomic E-state index is 0.0408. The van der Waals surface area contributed by atoms with Gasteiger partial charge in [0.15, 0.2) is 5.82 Å². The third-order valence-corrected chi connectivity index (χ3v) is 1.41. The third kappa shape index (κ3) is 2.11. The van der Waals surface area contributed by atoms with Crippen molar-refractivity contribution in [3.05, 3.63) is 22.7 Å². The summed E-state index contributed by atoms with van der Waals surface area (Å²) in [6, 6.07) is 1.43. The second kappa shape index (κ2) is 2.94. The fraction of sp³-hybridized carbons (Fsp3) is 0.429. The number of hydrogen-bond donors (Lipinski definition) is 0. The van der Waals surface area contributed by atoms with E-state index < -0.39 is 11.7 Å². The first kappa shape index (κ1) is 9.32. The van der Waals surface area contributed by atoms with Crippen molar-refractivity contribution in [3.8, 4) is 0 Å². The van der Waals surface area contributed by atoms with Crippen LogP contribution in [-0.2, 0) is 5.92 Å². The zero-order valence-corrected chi connectivity index (χ0v) is 7.36. The lowest BCUT2D eigenvalue weighted by molar-refractivity contribution is 0.00752. The summed E-state index contributed by atoms with van der Waals surface area (Å²) in [4.78, 5) is 6.97. The van der Waals surface area contributed by atoms with Gasteiger partial charge in [-0.3, -0.25) is 0 Å². The lowest BCUT2D eigenvalue weighted by Gasteiger charge is -2.08. The molecule has 1 rings (SSSR count). The average molecular weight is 193 g/mol. The quantitative estimate of drug-likeness (QED) is 0.639. The summed E-state index contributed by atoms with van der Waals surface area (Å²) in [6.45, 7) is 2.32. The summed E-state index contributed by atoms with van der Waals surface area (Å²) in [5.41, 5.74) is 0.437. The fourth-order valence-electron chi connectivity index (χ4n) is 0.726. The van der Waals surface area contributed by atoms with Crippen molar-refractivity contribution in [2.24, 2.45) is 0 Å². The molecule has 0 aliphatic heterocycles. The van der Waals surface area contributed by atoms with Crippen molar-refractivity contribution >= 4 is 11.6 Å². The van der Waals surface area contributed by atoms with Gasteiger partial charge in [0.2, 0.25) is 0 Å². The third-order valence-electron chi connectivity index (χ3n) is 1.22. The van der Waals surface area contributed by atoms with E-state index >= 15 is 0 Å². The summed E-state index contributed by atoms with van der Waals surface area (Å²) < 4.78 is 25.3. The summed E-state index contributed by atoms with van der Waals surface area (Å²) in [5, 5.41) is 0.0408. The Labute approximate surface area is 73.6 Å². The first-order valence-electron chi connectivity index (χ1n) is 3.29. The highest BCUT2D eigenvalue weighted by atomic mass is 35.5. The molecule has 0 radical (unpaired) electrons. The first-order valence-corrected chi connectivity index (χ1v) is 3.67. The van der Waals surface area contributed by atoms with Gasteiger partial charge in [0.25, 0.3) is 0 Å². The number of aromatic nitrogens is 2. The van der Waals surface area contributed by atoms with E-state index in [1.165, 1.54) is 6.07 Å². The maximum Gasteiger partial charge on any atom is 0.303 e. The number of hydrogen-bond acceptors (Lipinski definition) is 2. The summed E-state index contributed by atoms with van der Waals surface area (Å²) in [7, 11) is 0. The first-order chi connectivity index (χ1) is 5.39. The molecule has 0 aliphatic carbocycles.